The first-order chi connectivity index (χ1) is 17.7. The zero-order chi connectivity index (χ0) is 26.7. The van der Waals surface area contributed by atoms with E-state index in [2.05, 4.69) is 20.8 Å². The molecule has 0 aliphatic carbocycles. The number of nitrogens with zero attached hydrogens (tertiary/aromatic N) is 1. The number of aliphatic hydroxyl groups is 1. The van der Waals surface area contributed by atoms with Gasteiger partial charge in [0.25, 0.3) is 11.7 Å². The summed E-state index contributed by atoms with van der Waals surface area (Å²) in [6, 6.07) is 20.8. The molecule has 1 aliphatic rings. The van der Waals surface area contributed by atoms with Gasteiger partial charge in [-0.1, -0.05) is 51.1 Å². The van der Waals surface area contributed by atoms with Crippen LogP contribution < -0.4 is 14.4 Å². The third-order valence-corrected chi connectivity index (χ3v) is 6.32. The summed E-state index contributed by atoms with van der Waals surface area (Å²) in [6.07, 6.45) is 0. The van der Waals surface area contributed by atoms with E-state index in [0.29, 0.717) is 35.8 Å². The Kier molecular flexibility index (Phi) is 7.39. The van der Waals surface area contributed by atoms with Gasteiger partial charge in [0.15, 0.2) is 0 Å². The first-order valence-corrected chi connectivity index (χ1v) is 12.5. The molecule has 1 atom stereocenters. The summed E-state index contributed by atoms with van der Waals surface area (Å²) in [7, 11) is 0. The monoisotopic (exact) mass is 499 g/mol. The van der Waals surface area contributed by atoms with E-state index in [1.165, 1.54) is 4.90 Å². The molecule has 6 nitrogen and oxygen atoms in total. The molecule has 1 heterocycles. The van der Waals surface area contributed by atoms with Gasteiger partial charge in [-0.3, -0.25) is 14.5 Å². The Morgan fingerprint density at radius 1 is 0.892 bits per heavy atom. The fourth-order valence-corrected chi connectivity index (χ4v) is 4.64. The van der Waals surface area contributed by atoms with Gasteiger partial charge in [-0.25, -0.2) is 0 Å². The Morgan fingerprint density at radius 3 is 2.24 bits per heavy atom. The maximum absolute atomic E-state index is 13.5. The van der Waals surface area contributed by atoms with Crippen molar-refractivity contribution in [2.45, 2.75) is 46.1 Å². The largest absolute Gasteiger partial charge is 0.507 e. The molecule has 0 radical (unpaired) electrons. The van der Waals surface area contributed by atoms with Gasteiger partial charge in [-0.2, -0.15) is 0 Å². The minimum absolute atomic E-state index is 0.0338. The van der Waals surface area contributed by atoms with Crippen LogP contribution in [0.2, 0.25) is 0 Å². The highest BCUT2D eigenvalue weighted by Crippen LogP contribution is 2.43. The number of hydrogen-bond donors (Lipinski definition) is 1. The van der Waals surface area contributed by atoms with E-state index in [-0.39, 0.29) is 16.7 Å². The molecule has 1 aliphatic heterocycles. The van der Waals surface area contributed by atoms with E-state index in [1.807, 2.05) is 62.4 Å². The van der Waals surface area contributed by atoms with Gasteiger partial charge in [-0.05, 0) is 67.3 Å². The van der Waals surface area contributed by atoms with E-state index in [0.717, 1.165) is 11.3 Å². The Hall–Kier alpha value is -4.06. The molecular formula is C31H33NO5. The van der Waals surface area contributed by atoms with Crippen molar-refractivity contribution in [3.8, 4) is 11.5 Å². The lowest BCUT2D eigenvalue weighted by Gasteiger charge is -2.26. The van der Waals surface area contributed by atoms with Gasteiger partial charge in [0.2, 0.25) is 0 Å². The summed E-state index contributed by atoms with van der Waals surface area (Å²) in [5, 5.41) is 11.6. The highest BCUT2D eigenvalue weighted by molar-refractivity contribution is 6.51. The van der Waals surface area contributed by atoms with Crippen molar-refractivity contribution in [1.82, 2.24) is 0 Å². The lowest BCUT2D eigenvalue weighted by Crippen LogP contribution is -2.29. The Morgan fingerprint density at radius 2 is 1.59 bits per heavy atom. The summed E-state index contributed by atoms with van der Waals surface area (Å²) in [4.78, 5) is 28.3. The second-order valence-corrected chi connectivity index (χ2v) is 9.90. The molecule has 1 unspecified atom stereocenters. The van der Waals surface area contributed by atoms with Crippen LogP contribution in [0, 0.1) is 0 Å². The van der Waals surface area contributed by atoms with Crippen LogP contribution in [-0.4, -0.2) is 30.0 Å². The molecule has 1 saturated heterocycles. The van der Waals surface area contributed by atoms with Crippen molar-refractivity contribution in [2.75, 3.05) is 18.1 Å². The van der Waals surface area contributed by atoms with Crippen molar-refractivity contribution in [2.24, 2.45) is 0 Å². The second kappa shape index (κ2) is 10.5. The minimum atomic E-state index is -0.826. The number of Topliss-reactive ketones (excluding diaryl/α,β-unsaturated/α-hetero) is 1. The Bertz CT molecular complexity index is 1340. The molecule has 6 heteroatoms. The van der Waals surface area contributed by atoms with E-state index >= 15 is 0 Å². The normalized spacial score (nSPS) is 17.2. The van der Waals surface area contributed by atoms with Gasteiger partial charge in [0, 0.05) is 16.8 Å². The number of para-hydroxylation sites is 1. The lowest BCUT2D eigenvalue weighted by molar-refractivity contribution is -0.132. The van der Waals surface area contributed by atoms with E-state index in [1.54, 1.807) is 24.3 Å². The minimum Gasteiger partial charge on any atom is -0.507 e. The van der Waals surface area contributed by atoms with Crippen LogP contribution in [0.1, 0.15) is 57.4 Å². The molecule has 3 aromatic rings. The molecule has 0 bridgehead atoms. The molecule has 4 rings (SSSR count). The maximum atomic E-state index is 13.5. The fourth-order valence-electron chi connectivity index (χ4n) is 4.64. The molecule has 0 spiro atoms. The van der Waals surface area contributed by atoms with Gasteiger partial charge < -0.3 is 14.6 Å². The van der Waals surface area contributed by atoms with Crippen LogP contribution in [0.5, 0.6) is 11.5 Å². The fraction of sp³-hybridized carbons (Fsp3) is 0.290. The van der Waals surface area contributed by atoms with Gasteiger partial charge >= 0.3 is 0 Å². The SMILES string of the molecule is CCOc1cccc(C2/C(=C(\O)c3ccc(OCC)c(C(C)(C)C)c3)C(=O)C(=O)N2c2ccccc2)c1. The summed E-state index contributed by atoms with van der Waals surface area (Å²) < 4.78 is 11.5. The number of aliphatic hydroxyl groups excluding tert-OH is 1. The van der Waals surface area contributed by atoms with Crippen molar-refractivity contribution in [3.05, 3.63) is 95.1 Å². The van der Waals surface area contributed by atoms with E-state index in [9.17, 15) is 14.7 Å². The third-order valence-electron chi connectivity index (χ3n) is 6.32. The molecule has 0 saturated carbocycles. The van der Waals surface area contributed by atoms with Gasteiger partial charge in [0.05, 0.1) is 24.8 Å². The molecular weight excluding hydrogens is 466 g/mol. The standard InChI is InChI=1S/C31H33NO5/c1-6-36-23-15-11-12-20(18-23)27-26(29(34)30(35)32(27)22-13-9-8-10-14-22)28(33)21-16-17-25(37-7-2)24(19-21)31(3,4)5/h8-19,27,33H,6-7H2,1-5H3/b28-26+. The van der Waals surface area contributed by atoms with Crippen molar-refractivity contribution < 1.29 is 24.2 Å². The molecule has 1 fully saturated rings. The van der Waals surface area contributed by atoms with Gasteiger partial charge in [0.1, 0.15) is 17.3 Å². The average molecular weight is 500 g/mol. The highest BCUT2D eigenvalue weighted by Gasteiger charge is 2.47. The number of benzene rings is 3. The summed E-state index contributed by atoms with van der Waals surface area (Å²) in [6.45, 7) is 11.0. The summed E-state index contributed by atoms with van der Waals surface area (Å²) >= 11 is 0. The van der Waals surface area contributed by atoms with Crippen LogP contribution in [-0.2, 0) is 15.0 Å². The number of ketones is 1. The topological polar surface area (TPSA) is 76.1 Å². The number of carbonyl (C=O) groups excluding carboxylic acids is 2. The van der Waals surface area contributed by atoms with Crippen molar-refractivity contribution in [1.29, 1.82) is 0 Å². The number of rotatable bonds is 7. The van der Waals surface area contributed by atoms with Crippen LogP contribution in [0.3, 0.4) is 0 Å². The Balaban J connectivity index is 1.94. The molecule has 192 valence electrons. The lowest BCUT2D eigenvalue weighted by atomic mass is 9.84. The van der Waals surface area contributed by atoms with Crippen LogP contribution in [0.15, 0.2) is 78.4 Å². The number of carbonyl (C=O) groups is 2. The second-order valence-electron chi connectivity index (χ2n) is 9.90. The molecule has 37 heavy (non-hydrogen) atoms. The summed E-state index contributed by atoms with van der Waals surface area (Å²) in [5.74, 6) is -0.315. The Labute approximate surface area is 218 Å². The highest BCUT2D eigenvalue weighted by atomic mass is 16.5. The van der Waals surface area contributed by atoms with Gasteiger partial charge in [-0.15, -0.1) is 0 Å². The van der Waals surface area contributed by atoms with Crippen LogP contribution >= 0.6 is 0 Å². The number of anilines is 1. The molecule has 0 aromatic heterocycles. The third kappa shape index (κ3) is 5.10. The first kappa shape index (κ1) is 26.0. The average Bonchev–Trinajstić information content (AvgIpc) is 3.14. The van der Waals surface area contributed by atoms with E-state index in [4.69, 9.17) is 9.47 Å². The zero-order valence-electron chi connectivity index (χ0n) is 21.9. The van der Waals surface area contributed by atoms with Crippen molar-refractivity contribution >= 4 is 23.1 Å². The number of ether oxygens (including phenoxy) is 2. The predicted octanol–water partition coefficient (Wildman–Crippen LogP) is 6.41. The predicted molar refractivity (Wildman–Crippen MR) is 145 cm³/mol. The number of amides is 1. The van der Waals surface area contributed by atoms with Crippen molar-refractivity contribution in [3.63, 3.8) is 0 Å². The summed E-state index contributed by atoms with van der Waals surface area (Å²) in [5.41, 5.74) is 2.33. The molecule has 1 amide bonds. The quantitative estimate of drug-likeness (QED) is 0.231. The smallest absolute Gasteiger partial charge is 0.300 e. The van der Waals surface area contributed by atoms with Crippen LogP contribution in [0.25, 0.3) is 5.76 Å². The van der Waals surface area contributed by atoms with Crippen LogP contribution in [0.4, 0.5) is 5.69 Å². The number of hydrogen-bond acceptors (Lipinski definition) is 5. The first-order valence-electron chi connectivity index (χ1n) is 12.5. The maximum Gasteiger partial charge on any atom is 0.300 e. The van der Waals surface area contributed by atoms with E-state index < -0.39 is 17.7 Å². The molecule has 1 N–H and O–H groups in total. The molecule has 3 aromatic carbocycles. The zero-order valence-corrected chi connectivity index (χ0v) is 21.9.